The molecule has 0 bridgehead atoms. The quantitative estimate of drug-likeness (QED) is 0.767. The summed E-state index contributed by atoms with van der Waals surface area (Å²) >= 11 is 2.42. The summed E-state index contributed by atoms with van der Waals surface area (Å²) in [7, 11) is 0. The summed E-state index contributed by atoms with van der Waals surface area (Å²) in [5.41, 5.74) is 4.08. The van der Waals surface area contributed by atoms with E-state index in [0.717, 1.165) is 13.0 Å². The van der Waals surface area contributed by atoms with Crippen molar-refractivity contribution in [1.82, 2.24) is 5.32 Å². The molecule has 2 rings (SSSR count). The van der Waals surface area contributed by atoms with Crippen molar-refractivity contribution in [2.24, 2.45) is 0 Å². The number of nitrogens with one attached hydrogen (secondary N) is 1. The second-order valence-electron chi connectivity index (χ2n) is 4.61. The molecule has 2 heteroatoms. The standard InChI is InChI=1S/C17H20IN/c1-3-13-9-11-14(12-10-13)17(19-4-2)15-7-5-6-8-16(15)18/h5-12,17,19H,3-4H2,1-2H3. The Kier molecular flexibility index (Phi) is 5.40. The Hall–Kier alpha value is -0.870. The van der Waals surface area contributed by atoms with Crippen molar-refractivity contribution in [3.8, 4) is 0 Å². The van der Waals surface area contributed by atoms with Crippen LogP contribution in [-0.4, -0.2) is 6.54 Å². The molecule has 0 aliphatic heterocycles. The van der Waals surface area contributed by atoms with Crippen molar-refractivity contribution in [2.45, 2.75) is 26.3 Å². The Morgan fingerprint density at radius 2 is 1.68 bits per heavy atom. The topological polar surface area (TPSA) is 12.0 Å². The van der Waals surface area contributed by atoms with Crippen LogP contribution in [0.25, 0.3) is 0 Å². The molecule has 0 saturated carbocycles. The Labute approximate surface area is 129 Å². The molecule has 2 aromatic carbocycles. The second-order valence-corrected chi connectivity index (χ2v) is 5.77. The third-order valence-electron chi connectivity index (χ3n) is 3.35. The Morgan fingerprint density at radius 1 is 1.00 bits per heavy atom. The molecule has 100 valence electrons. The molecule has 1 N–H and O–H groups in total. The van der Waals surface area contributed by atoms with Gasteiger partial charge in [-0.1, -0.05) is 56.3 Å². The first kappa shape index (κ1) is 14.5. The van der Waals surface area contributed by atoms with Crippen LogP contribution in [0.4, 0.5) is 0 Å². The summed E-state index contributed by atoms with van der Waals surface area (Å²) in [4.78, 5) is 0. The maximum Gasteiger partial charge on any atom is 0.0587 e. The molecule has 0 fully saturated rings. The van der Waals surface area contributed by atoms with Gasteiger partial charge in [-0.25, -0.2) is 0 Å². The van der Waals surface area contributed by atoms with Crippen LogP contribution < -0.4 is 5.32 Å². The average molecular weight is 365 g/mol. The Bertz CT molecular complexity index is 519. The van der Waals surface area contributed by atoms with Crippen molar-refractivity contribution in [3.05, 3.63) is 68.8 Å². The molecule has 19 heavy (non-hydrogen) atoms. The van der Waals surface area contributed by atoms with E-state index in [1.165, 1.54) is 20.3 Å². The van der Waals surface area contributed by atoms with Gasteiger partial charge in [-0.05, 0) is 58.3 Å². The van der Waals surface area contributed by atoms with Gasteiger partial charge in [-0.3, -0.25) is 0 Å². The molecule has 0 heterocycles. The lowest BCUT2D eigenvalue weighted by molar-refractivity contribution is 0.628. The van der Waals surface area contributed by atoms with Crippen LogP contribution in [0.1, 0.15) is 36.6 Å². The molecule has 0 aromatic heterocycles. The highest BCUT2D eigenvalue weighted by atomic mass is 127. The molecule has 1 atom stereocenters. The minimum absolute atomic E-state index is 0.281. The van der Waals surface area contributed by atoms with E-state index in [4.69, 9.17) is 0 Å². The lowest BCUT2D eigenvalue weighted by atomic mass is 9.97. The number of hydrogen-bond donors (Lipinski definition) is 1. The fourth-order valence-electron chi connectivity index (χ4n) is 2.27. The van der Waals surface area contributed by atoms with Gasteiger partial charge in [0.25, 0.3) is 0 Å². The van der Waals surface area contributed by atoms with Crippen LogP contribution in [0.2, 0.25) is 0 Å². The third-order valence-corrected chi connectivity index (χ3v) is 4.33. The van der Waals surface area contributed by atoms with Crippen LogP contribution in [0.15, 0.2) is 48.5 Å². The molecule has 2 aromatic rings. The van der Waals surface area contributed by atoms with Gasteiger partial charge in [0.1, 0.15) is 0 Å². The Balaban J connectivity index is 2.36. The van der Waals surface area contributed by atoms with E-state index in [0.29, 0.717) is 0 Å². The maximum absolute atomic E-state index is 3.59. The summed E-state index contributed by atoms with van der Waals surface area (Å²) in [6.45, 7) is 5.31. The maximum atomic E-state index is 3.59. The lowest BCUT2D eigenvalue weighted by Crippen LogP contribution is -2.22. The van der Waals surface area contributed by atoms with Crippen molar-refractivity contribution in [3.63, 3.8) is 0 Å². The van der Waals surface area contributed by atoms with E-state index >= 15 is 0 Å². The largest absolute Gasteiger partial charge is 0.306 e. The van der Waals surface area contributed by atoms with Crippen LogP contribution >= 0.6 is 22.6 Å². The number of halogens is 1. The molecule has 0 saturated heterocycles. The zero-order chi connectivity index (χ0) is 13.7. The predicted octanol–water partition coefficient (Wildman–Crippen LogP) is 4.55. The predicted molar refractivity (Wildman–Crippen MR) is 90.5 cm³/mol. The van der Waals surface area contributed by atoms with E-state index < -0.39 is 0 Å². The summed E-state index contributed by atoms with van der Waals surface area (Å²) in [6.07, 6.45) is 1.09. The highest BCUT2D eigenvalue weighted by Gasteiger charge is 2.14. The Morgan fingerprint density at radius 3 is 2.26 bits per heavy atom. The SMILES string of the molecule is CCNC(c1ccc(CC)cc1)c1ccccc1I. The number of hydrogen-bond acceptors (Lipinski definition) is 1. The monoisotopic (exact) mass is 365 g/mol. The fourth-order valence-corrected chi connectivity index (χ4v) is 2.97. The molecular formula is C17H20IN. The average Bonchev–Trinajstić information content (AvgIpc) is 2.46. The van der Waals surface area contributed by atoms with Crippen molar-refractivity contribution in [2.75, 3.05) is 6.54 Å². The molecule has 1 unspecified atom stereocenters. The van der Waals surface area contributed by atoms with Crippen molar-refractivity contribution >= 4 is 22.6 Å². The van der Waals surface area contributed by atoms with Crippen molar-refractivity contribution < 1.29 is 0 Å². The van der Waals surface area contributed by atoms with Crippen LogP contribution in [0.3, 0.4) is 0 Å². The molecule has 0 aliphatic carbocycles. The van der Waals surface area contributed by atoms with Gasteiger partial charge in [0, 0.05) is 3.57 Å². The summed E-state index contributed by atoms with van der Waals surface area (Å²) < 4.78 is 1.31. The molecule has 0 radical (unpaired) electrons. The number of rotatable bonds is 5. The van der Waals surface area contributed by atoms with Gasteiger partial charge in [0.15, 0.2) is 0 Å². The van der Waals surface area contributed by atoms with Gasteiger partial charge in [0.05, 0.1) is 6.04 Å². The van der Waals surface area contributed by atoms with Crippen LogP contribution in [-0.2, 0) is 6.42 Å². The first-order chi connectivity index (χ1) is 9.26. The van der Waals surface area contributed by atoms with E-state index in [1.807, 2.05) is 0 Å². The van der Waals surface area contributed by atoms with Crippen LogP contribution in [0, 0.1) is 3.57 Å². The minimum atomic E-state index is 0.281. The van der Waals surface area contributed by atoms with E-state index in [2.05, 4.69) is 90.3 Å². The zero-order valence-electron chi connectivity index (χ0n) is 11.5. The fraction of sp³-hybridized carbons (Fsp3) is 0.294. The summed E-state index contributed by atoms with van der Waals surface area (Å²) in [5.74, 6) is 0. The molecule has 0 amide bonds. The summed E-state index contributed by atoms with van der Waals surface area (Å²) in [5, 5.41) is 3.59. The van der Waals surface area contributed by atoms with Gasteiger partial charge >= 0.3 is 0 Å². The first-order valence-corrected chi connectivity index (χ1v) is 7.90. The van der Waals surface area contributed by atoms with E-state index in [1.54, 1.807) is 0 Å². The van der Waals surface area contributed by atoms with Crippen LogP contribution in [0.5, 0.6) is 0 Å². The number of benzene rings is 2. The first-order valence-electron chi connectivity index (χ1n) is 6.83. The molecule has 0 aliphatic rings. The highest BCUT2D eigenvalue weighted by molar-refractivity contribution is 14.1. The lowest BCUT2D eigenvalue weighted by Gasteiger charge is -2.20. The minimum Gasteiger partial charge on any atom is -0.306 e. The van der Waals surface area contributed by atoms with Gasteiger partial charge in [-0.15, -0.1) is 0 Å². The van der Waals surface area contributed by atoms with Gasteiger partial charge < -0.3 is 5.32 Å². The van der Waals surface area contributed by atoms with Crippen molar-refractivity contribution in [1.29, 1.82) is 0 Å². The molecule has 1 nitrogen and oxygen atoms in total. The molecule has 0 spiro atoms. The smallest absolute Gasteiger partial charge is 0.0587 e. The molecular weight excluding hydrogens is 345 g/mol. The number of aryl methyl sites for hydroxylation is 1. The van der Waals surface area contributed by atoms with E-state index in [-0.39, 0.29) is 6.04 Å². The zero-order valence-corrected chi connectivity index (χ0v) is 13.6. The van der Waals surface area contributed by atoms with Gasteiger partial charge in [-0.2, -0.15) is 0 Å². The summed E-state index contributed by atoms with van der Waals surface area (Å²) in [6, 6.07) is 17.8. The van der Waals surface area contributed by atoms with E-state index in [9.17, 15) is 0 Å². The highest BCUT2D eigenvalue weighted by Crippen LogP contribution is 2.26. The normalized spacial score (nSPS) is 12.4. The van der Waals surface area contributed by atoms with Gasteiger partial charge in [0.2, 0.25) is 0 Å². The second kappa shape index (κ2) is 7.06. The third kappa shape index (κ3) is 3.57.